The number of carbonyl (C=O) groups excluding carboxylic acids is 1. The van der Waals surface area contributed by atoms with Gasteiger partial charge in [-0.25, -0.2) is 0 Å². The van der Waals surface area contributed by atoms with Crippen molar-refractivity contribution < 1.29 is 19.4 Å². The Hall–Kier alpha value is -2.89. The van der Waals surface area contributed by atoms with Gasteiger partial charge >= 0.3 is 5.97 Å². The van der Waals surface area contributed by atoms with E-state index >= 15 is 0 Å². The molecule has 20 heavy (non-hydrogen) atoms. The Kier molecular flexibility index (Phi) is 4.28. The number of aliphatic carboxylic acids is 1. The Morgan fingerprint density at radius 3 is 2.50 bits per heavy atom. The van der Waals surface area contributed by atoms with Crippen molar-refractivity contribution in [1.82, 2.24) is 10.3 Å². The van der Waals surface area contributed by atoms with Gasteiger partial charge in [-0.1, -0.05) is 0 Å². The van der Waals surface area contributed by atoms with Crippen molar-refractivity contribution in [1.29, 1.82) is 0 Å². The predicted molar refractivity (Wildman–Crippen MR) is 70.7 cm³/mol. The maximum atomic E-state index is 11.6. The second-order valence-electron chi connectivity index (χ2n) is 3.89. The number of carbonyl (C=O) groups is 2. The highest BCUT2D eigenvalue weighted by atomic mass is 16.5. The number of pyridine rings is 1. The van der Waals surface area contributed by atoms with E-state index < -0.39 is 18.4 Å². The average molecular weight is 272 g/mol. The Labute approximate surface area is 115 Å². The molecule has 1 aromatic heterocycles. The standard InChI is InChI=1S/C14H12N2O4/c17-13(18)9-16-14(19)10-3-5-11(6-4-10)20-12-2-1-7-15-8-12/h1-8H,9H2,(H,16,19)(H,17,18). The summed E-state index contributed by atoms with van der Waals surface area (Å²) in [6.07, 6.45) is 3.22. The maximum Gasteiger partial charge on any atom is 0.322 e. The molecule has 1 aromatic carbocycles. The van der Waals surface area contributed by atoms with Crippen molar-refractivity contribution in [3.05, 3.63) is 54.4 Å². The van der Waals surface area contributed by atoms with Gasteiger partial charge < -0.3 is 15.2 Å². The first-order chi connectivity index (χ1) is 9.65. The van der Waals surface area contributed by atoms with Crippen molar-refractivity contribution in [2.45, 2.75) is 0 Å². The number of amides is 1. The summed E-state index contributed by atoms with van der Waals surface area (Å²) in [6, 6.07) is 9.89. The summed E-state index contributed by atoms with van der Waals surface area (Å²) in [5, 5.41) is 10.8. The molecular formula is C14H12N2O4. The highest BCUT2D eigenvalue weighted by molar-refractivity contribution is 5.95. The molecule has 0 saturated carbocycles. The minimum Gasteiger partial charge on any atom is -0.480 e. The second kappa shape index (κ2) is 6.33. The fraction of sp³-hybridized carbons (Fsp3) is 0.0714. The summed E-state index contributed by atoms with van der Waals surface area (Å²) in [6.45, 7) is -0.410. The molecule has 0 fully saturated rings. The van der Waals surface area contributed by atoms with Crippen LogP contribution in [0.15, 0.2) is 48.8 Å². The van der Waals surface area contributed by atoms with Gasteiger partial charge in [0.15, 0.2) is 0 Å². The molecule has 2 rings (SSSR count). The lowest BCUT2D eigenvalue weighted by atomic mass is 10.2. The van der Waals surface area contributed by atoms with Gasteiger partial charge in [0.2, 0.25) is 0 Å². The molecule has 2 aromatic rings. The fourth-order valence-electron chi connectivity index (χ4n) is 1.48. The van der Waals surface area contributed by atoms with E-state index in [2.05, 4.69) is 10.3 Å². The van der Waals surface area contributed by atoms with E-state index in [0.717, 1.165) is 0 Å². The van der Waals surface area contributed by atoms with Crippen molar-refractivity contribution >= 4 is 11.9 Å². The van der Waals surface area contributed by atoms with Crippen LogP contribution in [0.3, 0.4) is 0 Å². The number of benzene rings is 1. The summed E-state index contributed by atoms with van der Waals surface area (Å²) in [5.74, 6) is -0.376. The van der Waals surface area contributed by atoms with Crippen LogP contribution in [0.4, 0.5) is 0 Å². The zero-order valence-corrected chi connectivity index (χ0v) is 10.4. The van der Waals surface area contributed by atoms with Crippen LogP contribution in [0, 0.1) is 0 Å². The third-order valence-electron chi connectivity index (χ3n) is 2.39. The van der Waals surface area contributed by atoms with Gasteiger partial charge in [-0.3, -0.25) is 14.6 Å². The summed E-state index contributed by atoms with van der Waals surface area (Å²) in [7, 11) is 0. The number of hydrogen-bond donors (Lipinski definition) is 2. The third kappa shape index (κ3) is 3.81. The van der Waals surface area contributed by atoms with Gasteiger partial charge in [0.1, 0.15) is 18.0 Å². The third-order valence-corrected chi connectivity index (χ3v) is 2.39. The zero-order valence-electron chi connectivity index (χ0n) is 10.4. The average Bonchev–Trinajstić information content (AvgIpc) is 2.46. The van der Waals surface area contributed by atoms with Crippen molar-refractivity contribution in [3.63, 3.8) is 0 Å². The fourth-order valence-corrected chi connectivity index (χ4v) is 1.48. The molecule has 0 saturated heterocycles. The first kappa shape index (κ1) is 13.5. The molecule has 0 atom stereocenters. The number of ether oxygens (including phenoxy) is 1. The molecule has 2 N–H and O–H groups in total. The summed E-state index contributed by atoms with van der Waals surface area (Å²) in [4.78, 5) is 25.9. The lowest BCUT2D eigenvalue weighted by molar-refractivity contribution is -0.135. The molecule has 0 aliphatic rings. The highest BCUT2D eigenvalue weighted by Gasteiger charge is 2.07. The Morgan fingerprint density at radius 2 is 1.90 bits per heavy atom. The molecule has 1 heterocycles. The van der Waals surface area contributed by atoms with E-state index in [4.69, 9.17) is 9.84 Å². The van der Waals surface area contributed by atoms with Crippen LogP contribution in [-0.4, -0.2) is 28.5 Å². The molecule has 6 nitrogen and oxygen atoms in total. The lowest BCUT2D eigenvalue weighted by Crippen LogP contribution is -2.29. The molecule has 0 bridgehead atoms. The van der Waals surface area contributed by atoms with Crippen LogP contribution in [0.2, 0.25) is 0 Å². The predicted octanol–water partition coefficient (Wildman–Crippen LogP) is 1.69. The first-order valence-electron chi connectivity index (χ1n) is 5.83. The maximum absolute atomic E-state index is 11.6. The van der Waals surface area contributed by atoms with Crippen LogP contribution in [0.1, 0.15) is 10.4 Å². The molecule has 6 heteroatoms. The number of hydrogen-bond acceptors (Lipinski definition) is 4. The molecule has 0 radical (unpaired) electrons. The number of carboxylic acids is 1. The second-order valence-corrected chi connectivity index (χ2v) is 3.89. The smallest absolute Gasteiger partial charge is 0.322 e. The van der Waals surface area contributed by atoms with Gasteiger partial charge in [0.05, 0.1) is 6.20 Å². The monoisotopic (exact) mass is 272 g/mol. The van der Waals surface area contributed by atoms with Crippen LogP contribution in [0.25, 0.3) is 0 Å². The molecule has 102 valence electrons. The SMILES string of the molecule is O=C(O)CNC(=O)c1ccc(Oc2cccnc2)cc1. The molecule has 0 unspecified atom stereocenters. The minimum atomic E-state index is -1.09. The van der Waals surface area contributed by atoms with Crippen LogP contribution in [-0.2, 0) is 4.79 Å². The van der Waals surface area contributed by atoms with Crippen molar-refractivity contribution in [2.75, 3.05) is 6.54 Å². The first-order valence-corrected chi connectivity index (χ1v) is 5.83. The van der Waals surface area contributed by atoms with E-state index in [1.807, 2.05) is 0 Å². The Balaban J connectivity index is 1.99. The van der Waals surface area contributed by atoms with E-state index in [9.17, 15) is 9.59 Å². The van der Waals surface area contributed by atoms with Crippen LogP contribution in [0.5, 0.6) is 11.5 Å². The molecule has 0 aliphatic carbocycles. The number of aromatic nitrogens is 1. The lowest BCUT2D eigenvalue weighted by Gasteiger charge is -2.06. The molecular weight excluding hydrogens is 260 g/mol. The highest BCUT2D eigenvalue weighted by Crippen LogP contribution is 2.20. The number of rotatable bonds is 5. The van der Waals surface area contributed by atoms with Crippen LogP contribution >= 0.6 is 0 Å². The van der Waals surface area contributed by atoms with E-state index in [1.54, 1.807) is 48.8 Å². The molecule has 0 aliphatic heterocycles. The van der Waals surface area contributed by atoms with E-state index in [-0.39, 0.29) is 0 Å². The van der Waals surface area contributed by atoms with Crippen LogP contribution < -0.4 is 10.1 Å². The van der Waals surface area contributed by atoms with Gasteiger partial charge in [-0.2, -0.15) is 0 Å². The minimum absolute atomic E-state index is 0.366. The number of nitrogens with zero attached hydrogens (tertiary/aromatic N) is 1. The zero-order chi connectivity index (χ0) is 14.4. The number of nitrogens with one attached hydrogen (secondary N) is 1. The molecule has 1 amide bonds. The normalized spacial score (nSPS) is 9.80. The van der Waals surface area contributed by atoms with Gasteiger partial charge in [0.25, 0.3) is 5.91 Å². The largest absolute Gasteiger partial charge is 0.480 e. The quantitative estimate of drug-likeness (QED) is 0.864. The Morgan fingerprint density at radius 1 is 1.15 bits per heavy atom. The number of carboxylic acid groups (broad SMARTS) is 1. The topological polar surface area (TPSA) is 88.5 Å². The van der Waals surface area contributed by atoms with Gasteiger partial charge in [-0.05, 0) is 36.4 Å². The van der Waals surface area contributed by atoms with Crippen molar-refractivity contribution in [2.24, 2.45) is 0 Å². The summed E-state index contributed by atoms with van der Waals surface area (Å²) >= 11 is 0. The van der Waals surface area contributed by atoms with Gasteiger partial charge in [0, 0.05) is 11.8 Å². The van der Waals surface area contributed by atoms with Crippen molar-refractivity contribution in [3.8, 4) is 11.5 Å². The molecule has 0 spiro atoms. The van der Waals surface area contributed by atoms with E-state index in [0.29, 0.717) is 17.1 Å². The Bertz CT molecular complexity index is 596. The summed E-state index contributed by atoms with van der Waals surface area (Å²) < 4.78 is 5.52. The summed E-state index contributed by atoms with van der Waals surface area (Å²) in [5.41, 5.74) is 0.366. The van der Waals surface area contributed by atoms with Gasteiger partial charge in [-0.15, -0.1) is 0 Å². The van der Waals surface area contributed by atoms with E-state index in [1.165, 1.54) is 0 Å².